The number of carbonyl (C=O) groups excluding carboxylic acids is 1. The fraction of sp³-hybridized carbons (Fsp3) is 0.632. The normalized spacial score (nSPS) is 25.4. The first-order valence-electron chi connectivity index (χ1n) is 8.80. The van der Waals surface area contributed by atoms with Crippen molar-refractivity contribution in [3.8, 4) is 5.75 Å². The number of benzene rings is 1. The Morgan fingerprint density at radius 3 is 2.48 bits per heavy atom. The van der Waals surface area contributed by atoms with Crippen molar-refractivity contribution >= 4 is 5.97 Å². The number of ether oxygens (including phenoxy) is 1. The number of quaternary nitrogens is 1. The second kappa shape index (κ2) is 6.52. The number of phenolic OH excluding ortho intramolecular Hbond substituents is 1. The zero-order valence-electron chi connectivity index (χ0n) is 14.2. The van der Waals surface area contributed by atoms with E-state index < -0.39 is 0 Å². The number of hydrogen-bond donors (Lipinski definition) is 1. The molecule has 1 N–H and O–H groups in total. The van der Waals surface area contributed by atoms with Gasteiger partial charge in [-0.2, -0.15) is 0 Å². The Hall–Kier alpha value is -1.55. The summed E-state index contributed by atoms with van der Waals surface area (Å²) in [6.45, 7) is 1.04. The maximum atomic E-state index is 13.0. The maximum Gasteiger partial charge on any atom is 0.318 e. The molecule has 1 aliphatic carbocycles. The lowest BCUT2D eigenvalue weighted by Crippen LogP contribution is -2.47. The summed E-state index contributed by atoms with van der Waals surface area (Å²) in [6, 6.07) is 7.22. The highest BCUT2D eigenvalue weighted by molar-refractivity contribution is 5.79. The number of likely N-dealkylation sites (tertiary alicyclic amines) is 1. The van der Waals surface area contributed by atoms with Crippen LogP contribution in [0.25, 0.3) is 0 Å². The third-order valence-electron chi connectivity index (χ3n) is 5.61. The van der Waals surface area contributed by atoms with Gasteiger partial charge in [0.1, 0.15) is 5.75 Å². The van der Waals surface area contributed by atoms with Crippen molar-refractivity contribution in [2.24, 2.45) is 5.92 Å². The Bertz CT molecular complexity index is 563. The second-order valence-corrected chi connectivity index (χ2v) is 7.62. The molecule has 0 spiro atoms. The average Bonchev–Trinajstić information content (AvgIpc) is 3.12. The molecule has 126 valence electrons. The van der Waals surface area contributed by atoms with Crippen molar-refractivity contribution in [3.63, 3.8) is 0 Å². The van der Waals surface area contributed by atoms with E-state index in [0.29, 0.717) is 0 Å². The van der Waals surface area contributed by atoms with E-state index in [4.69, 9.17) is 4.74 Å². The molecule has 1 aromatic rings. The summed E-state index contributed by atoms with van der Waals surface area (Å²) in [7, 11) is 4.24. The van der Waals surface area contributed by atoms with Gasteiger partial charge in [0.25, 0.3) is 0 Å². The van der Waals surface area contributed by atoms with Crippen LogP contribution in [0.2, 0.25) is 0 Å². The molecule has 0 radical (unpaired) electrons. The SMILES string of the molecule is C[N+]1(C)CCCC1OC(=O)C(c1ccccc1O)C1CCCC1. The Balaban J connectivity index is 1.83. The topological polar surface area (TPSA) is 46.5 Å². The summed E-state index contributed by atoms with van der Waals surface area (Å²) >= 11 is 0. The van der Waals surface area contributed by atoms with Crippen LogP contribution < -0.4 is 0 Å². The predicted molar refractivity (Wildman–Crippen MR) is 88.9 cm³/mol. The first-order chi connectivity index (χ1) is 11.0. The molecule has 2 atom stereocenters. The standard InChI is InChI=1S/C19H27NO3/c1-20(2)13-7-12-17(20)23-19(22)18(14-8-3-4-9-14)15-10-5-6-11-16(15)21/h5-6,10-11,14,17-18H,3-4,7-9,12-13H2,1-2H3/p+1. The summed E-state index contributed by atoms with van der Waals surface area (Å²) < 4.78 is 6.67. The monoisotopic (exact) mass is 318 g/mol. The summed E-state index contributed by atoms with van der Waals surface area (Å²) in [5.74, 6) is 0.00476. The van der Waals surface area contributed by atoms with Crippen molar-refractivity contribution in [1.29, 1.82) is 0 Å². The number of phenols is 1. The van der Waals surface area contributed by atoms with Crippen LogP contribution >= 0.6 is 0 Å². The molecule has 23 heavy (non-hydrogen) atoms. The predicted octanol–water partition coefficient (Wildman–Crippen LogP) is 3.41. The molecule has 4 nitrogen and oxygen atoms in total. The minimum absolute atomic E-state index is 0.0581. The van der Waals surface area contributed by atoms with Gasteiger partial charge in [-0.25, -0.2) is 0 Å². The number of carbonyl (C=O) groups is 1. The van der Waals surface area contributed by atoms with Gasteiger partial charge in [0.2, 0.25) is 6.23 Å². The van der Waals surface area contributed by atoms with Crippen LogP contribution in [0.1, 0.15) is 50.0 Å². The van der Waals surface area contributed by atoms with E-state index in [2.05, 4.69) is 14.1 Å². The lowest BCUT2D eigenvalue weighted by molar-refractivity contribution is -0.921. The molecule has 2 fully saturated rings. The van der Waals surface area contributed by atoms with E-state index >= 15 is 0 Å². The molecule has 1 aliphatic heterocycles. The van der Waals surface area contributed by atoms with Crippen molar-refractivity contribution in [1.82, 2.24) is 0 Å². The van der Waals surface area contributed by atoms with E-state index in [1.807, 2.05) is 12.1 Å². The van der Waals surface area contributed by atoms with Gasteiger partial charge in [-0.3, -0.25) is 9.28 Å². The summed E-state index contributed by atoms with van der Waals surface area (Å²) in [4.78, 5) is 13.0. The summed E-state index contributed by atoms with van der Waals surface area (Å²) in [6.07, 6.45) is 6.36. The van der Waals surface area contributed by atoms with Gasteiger partial charge < -0.3 is 9.84 Å². The Labute approximate surface area is 138 Å². The van der Waals surface area contributed by atoms with Gasteiger partial charge in [0.15, 0.2) is 0 Å². The van der Waals surface area contributed by atoms with Gasteiger partial charge in [0, 0.05) is 18.4 Å². The second-order valence-electron chi connectivity index (χ2n) is 7.62. The summed E-state index contributed by atoms with van der Waals surface area (Å²) in [5, 5.41) is 10.2. The molecule has 4 heteroatoms. The first-order valence-corrected chi connectivity index (χ1v) is 8.80. The molecule has 1 heterocycles. The van der Waals surface area contributed by atoms with Crippen LogP contribution in [0, 0.1) is 5.92 Å². The molecule has 1 saturated heterocycles. The third-order valence-corrected chi connectivity index (χ3v) is 5.61. The fourth-order valence-electron chi connectivity index (χ4n) is 4.19. The van der Waals surface area contributed by atoms with Gasteiger partial charge in [-0.15, -0.1) is 0 Å². The molecule has 2 unspecified atom stereocenters. The number of rotatable bonds is 4. The molecule has 0 bridgehead atoms. The van der Waals surface area contributed by atoms with Crippen LogP contribution in [-0.2, 0) is 9.53 Å². The lowest BCUT2D eigenvalue weighted by Gasteiger charge is -2.32. The molecule has 0 aromatic heterocycles. The van der Waals surface area contributed by atoms with Crippen molar-refractivity contribution < 1.29 is 19.1 Å². The molecular weight excluding hydrogens is 290 g/mol. The van der Waals surface area contributed by atoms with Gasteiger partial charge in [-0.05, 0) is 24.8 Å². The van der Waals surface area contributed by atoms with Crippen LogP contribution in [0.3, 0.4) is 0 Å². The largest absolute Gasteiger partial charge is 0.508 e. The molecule has 1 aromatic carbocycles. The lowest BCUT2D eigenvalue weighted by atomic mass is 9.84. The molecular formula is C19H28NO3+. The minimum Gasteiger partial charge on any atom is -0.508 e. The van der Waals surface area contributed by atoms with Gasteiger partial charge in [0.05, 0.1) is 26.6 Å². The maximum absolute atomic E-state index is 13.0. The van der Waals surface area contributed by atoms with Crippen LogP contribution in [0.4, 0.5) is 0 Å². The van der Waals surface area contributed by atoms with E-state index in [1.54, 1.807) is 12.1 Å². The van der Waals surface area contributed by atoms with Crippen molar-refractivity contribution in [3.05, 3.63) is 29.8 Å². The van der Waals surface area contributed by atoms with Gasteiger partial charge in [-0.1, -0.05) is 31.0 Å². The van der Waals surface area contributed by atoms with Crippen molar-refractivity contribution in [2.45, 2.75) is 50.7 Å². The Kier molecular flexibility index (Phi) is 4.62. The minimum atomic E-state index is -0.334. The number of aromatic hydroxyl groups is 1. The number of esters is 1. The highest BCUT2D eigenvalue weighted by Crippen LogP contribution is 2.41. The Morgan fingerprint density at radius 1 is 1.17 bits per heavy atom. The zero-order valence-corrected chi connectivity index (χ0v) is 14.2. The molecule has 2 aliphatic rings. The highest BCUT2D eigenvalue weighted by atomic mass is 16.6. The third kappa shape index (κ3) is 3.37. The summed E-state index contributed by atoms with van der Waals surface area (Å²) in [5.41, 5.74) is 0.729. The highest BCUT2D eigenvalue weighted by Gasteiger charge is 2.41. The fourth-order valence-corrected chi connectivity index (χ4v) is 4.19. The number of hydrogen-bond acceptors (Lipinski definition) is 3. The average molecular weight is 318 g/mol. The van der Waals surface area contributed by atoms with E-state index in [0.717, 1.165) is 55.1 Å². The van der Waals surface area contributed by atoms with Crippen LogP contribution in [0.15, 0.2) is 24.3 Å². The quantitative estimate of drug-likeness (QED) is 0.683. The van der Waals surface area contributed by atoms with Crippen LogP contribution in [-0.4, -0.2) is 42.4 Å². The first kappa shape index (κ1) is 16.3. The van der Waals surface area contributed by atoms with Crippen molar-refractivity contribution in [2.75, 3.05) is 20.6 Å². The van der Waals surface area contributed by atoms with Gasteiger partial charge >= 0.3 is 5.97 Å². The Morgan fingerprint density at radius 2 is 1.87 bits per heavy atom. The molecule has 0 amide bonds. The zero-order chi connectivity index (χ0) is 16.4. The number of nitrogens with zero attached hydrogens (tertiary/aromatic N) is 1. The van der Waals surface area contributed by atoms with Crippen LogP contribution in [0.5, 0.6) is 5.75 Å². The molecule has 3 rings (SSSR count). The number of para-hydroxylation sites is 1. The molecule has 1 saturated carbocycles. The van der Waals surface area contributed by atoms with E-state index in [-0.39, 0.29) is 29.8 Å². The van der Waals surface area contributed by atoms with E-state index in [1.165, 1.54) is 0 Å². The van der Waals surface area contributed by atoms with E-state index in [9.17, 15) is 9.90 Å². The smallest absolute Gasteiger partial charge is 0.318 e.